The van der Waals surface area contributed by atoms with Crippen LogP contribution in [-0.2, 0) is 6.54 Å². The van der Waals surface area contributed by atoms with Gasteiger partial charge < -0.3 is 9.84 Å². The molecule has 3 rings (SSSR count). The van der Waals surface area contributed by atoms with Crippen molar-refractivity contribution in [2.75, 3.05) is 7.11 Å². The molecule has 0 saturated heterocycles. The summed E-state index contributed by atoms with van der Waals surface area (Å²) in [5.74, 6) is 0.393. The molecule has 28 heavy (non-hydrogen) atoms. The van der Waals surface area contributed by atoms with Gasteiger partial charge in [-0.1, -0.05) is 24.3 Å². The van der Waals surface area contributed by atoms with E-state index in [1.54, 1.807) is 30.3 Å². The Morgan fingerprint density at radius 3 is 2.82 bits per heavy atom. The Morgan fingerprint density at radius 2 is 2.14 bits per heavy atom. The number of methoxy groups -OCH3 is 1. The molecular formula is C20H17N3O5. The van der Waals surface area contributed by atoms with Gasteiger partial charge in [-0.3, -0.25) is 19.6 Å². The number of hydrogen-bond acceptors (Lipinski definition) is 6. The van der Waals surface area contributed by atoms with E-state index >= 15 is 0 Å². The van der Waals surface area contributed by atoms with Crippen molar-refractivity contribution in [2.24, 2.45) is 0 Å². The average Bonchev–Trinajstić information content (AvgIpc) is 3.15. The van der Waals surface area contributed by atoms with E-state index in [-0.39, 0.29) is 23.8 Å². The van der Waals surface area contributed by atoms with Crippen LogP contribution in [0, 0.1) is 10.1 Å². The van der Waals surface area contributed by atoms with Crippen LogP contribution in [0.4, 0.5) is 5.69 Å². The van der Waals surface area contributed by atoms with Gasteiger partial charge >= 0.3 is 5.69 Å². The number of hydrogen-bond donors (Lipinski definition) is 1. The first-order valence-electron chi connectivity index (χ1n) is 8.31. The molecule has 1 N–H and O–H groups in total. The number of nitro groups is 1. The highest BCUT2D eigenvalue weighted by molar-refractivity contribution is 6.07. The summed E-state index contributed by atoms with van der Waals surface area (Å²) >= 11 is 0. The van der Waals surface area contributed by atoms with Gasteiger partial charge in [0.25, 0.3) is 0 Å². The Balaban J connectivity index is 1.81. The molecule has 0 bridgehead atoms. The molecular weight excluding hydrogens is 362 g/mol. The lowest BCUT2D eigenvalue weighted by molar-refractivity contribution is -0.385. The highest BCUT2D eigenvalue weighted by Crippen LogP contribution is 2.23. The molecule has 142 valence electrons. The third-order valence-electron chi connectivity index (χ3n) is 4.03. The molecule has 0 atom stereocenters. The molecule has 0 aliphatic carbocycles. The van der Waals surface area contributed by atoms with Crippen molar-refractivity contribution in [3.05, 3.63) is 87.7 Å². The SMILES string of the molecule is COc1ccc(/C=C/C(=O)c2cccc(O)c2)cc1Cn1cc([N+](=O)[O-])cn1. The topological polar surface area (TPSA) is 107 Å². The van der Waals surface area contributed by atoms with Crippen LogP contribution in [0.2, 0.25) is 0 Å². The molecule has 0 radical (unpaired) electrons. The van der Waals surface area contributed by atoms with Gasteiger partial charge in [-0.2, -0.15) is 5.10 Å². The molecule has 0 unspecified atom stereocenters. The zero-order valence-electron chi connectivity index (χ0n) is 15.0. The van der Waals surface area contributed by atoms with E-state index in [0.717, 1.165) is 11.1 Å². The second-order valence-electron chi connectivity index (χ2n) is 5.97. The number of allylic oxidation sites excluding steroid dienone is 1. The normalized spacial score (nSPS) is 10.9. The maximum Gasteiger partial charge on any atom is 0.307 e. The van der Waals surface area contributed by atoms with Gasteiger partial charge in [-0.15, -0.1) is 0 Å². The van der Waals surface area contributed by atoms with E-state index in [1.165, 1.54) is 42.4 Å². The van der Waals surface area contributed by atoms with Crippen molar-refractivity contribution in [1.29, 1.82) is 0 Å². The molecule has 8 heteroatoms. The van der Waals surface area contributed by atoms with Crippen LogP contribution in [0.5, 0.6) is 11.5 Å². The first-order valence-corrected chi connectivity index (χ1v) is 8.31. The van der Waals surface area contributed by atoms with Gasteiger partial charge in [0, 0.05) is 11.1 Å². The van der Waals surface area contributed by atoms with Crippen molar-refractivity contribution in [3.8, 4) is 11.5 Å². The predicted octanol–water partition coefficient (Wildman–Crippen LogP) is 3.45. The van der Waals surface area contributed by atoms with Crippen LogP contribution in [0.1, 0.15) is 21.5 Å². The summed E-state index contributed by atoms with van der Waals surface area (Å²) in [7, 11) is 1.53. The van der Waals surface area contributed by atoms with Gasteiger partial charge in [-0.25, -0.2) is 0 Å². The number of phenolic OH excluding ortho intramolecular Hbond substituents is 1. The molecule has 3 aromatic rings. The molecule has 1 aromatic heterocycles. The van der Waals surface area contributed by atoms with Crippen molar-refractivity contribution < 1.29 is 19.6 Å². The Bertz CT molecular complexity index is 1060. The third kappa shape index (κ3) is 4.42. The summed E-state index contributed by atoms with van der Waals surface area (Å²) in [6, 6.07) is 11.5. The van der Waals surface area contributed by atoms with Gasteiger partial charge in [-0.05, 0) is 35.9 Å². The lowest BCUT2D eigenvalue weighted by Gasteiger charge is -2.09. The summed E-state index contributed by atoms with van der Waals surface area (Å²) in [5, 5.41) is 24.3. The maximum absolute atomic E-state index is 12.2. The molecule has 0 aliphatic heterocycles. The van der Waals surface area contributed by atoms with Crippen molar-refractivity contribution in [1.82, 2.24) is 9.78 Å². The van der Waals surface area contributed by atoms with Crippen LogP contribution in [-0.4, -0.2) is 32.7 Å². The fourth-order valence-electron chi connectivity index (χ4n) is 2.66. The fraction of sp³-hybridized carbons (Fsp3) is 0.100. The predicted molar refractivity (Wildman–Crippen MR) is 102 cm³/mol. The first-order chi connectivity index (χ1) is 13.5. The highest BCUT2D eigenvalue weighted by atomic mass is 16.6. The first kappa shape index (κ1) is 18.8. The molecule has 2 aromatic carbocycles. The molecule has 1 heterocycles. The number of ether oxygens (including phenoxy) is 1. The van der Waals surface area contributed by atoms with Crippen molar-refractivity contribution in [3.63, 3.8) is 0 Å². The molecule has 0 fully saturated rings. The monoisotopic (exact) mass is 379 g/mol. The van der Waals surface area contributed by atoms with Crippen LogP contribution < -0.4 is 4.74 Å². The zero-order chi connectivity index (χ0) is 20.1. The van der Waals surface area contributed by atoms with Crippen LogP contribution in [0.15, 0.2) is 60.9 Å². The number of rotatable bonds is 7. The van der Waals surface area contributed by atoms with Crippen LogP contribution >= 0.6 is 0 Å². The Kier molecular flexibility index (Phi) is 5.50. The van der Waals surface area contributed by atoms with Gasteiger partial charge in [0.05, 0.1) is 18.6 Å². The number of carbonyl (C=O) groups excluding carboxylic acids is 1. The van der Waals surface area contributed by atoms with Gasteiger partial charge in [0.2, 0.25) is 0 Å². The number of aromatic hydroxyl groups is 1. The number of aromatic nitrogens is 2. The molecule has 0 amide bonds. The summed E-state index contributed by atoms with van der Waals surface area (Å²) in [6.45, 7) is 0.277. The highest BCUT2D eigenvalue weighted by Gasteiger charge is 2.11. The Morgan fingerprint density at radius 1 is 1.32 bits per heavy atom. The summed E-state index contributed by atoms with van der Waals surface area (Å²) in [4.78, 5) is 22.5. The second-order valence-corrected chi connectivity index (χ2v) is 5.97. The standard InChI is InChI=1S/C20H17N3O5/c1-28-20-8-6-14(5-7-19(25)15-3-2-4-18(24)10-15)9-16(20)12-22-13-17(11-21-22)23(26)27/h2-11,13,24H,12H2,1H3/b7-5+. The quantitative estimate of drug-likeness (QED) is 0.292. The summed E-state index contributed by atoms with van der Waals surface area (Å²) in [5.41, 5.74) is 1.80. The van der Waals surface area contributed by atoms with Crippen molar-refractivity contribution >= 4 is 17.5 Å². The number of phenols is 1. The summed E-state index contributed by atoms with van der Waals surface area (Å²) < 4.78 is 6.79. The summed E-state index contributed by atoms with van der Waals surface area (Å²) in [6.07, 6.45) is 5.59. The van der Waals surface area contributed by atoms with Gasteiger partial charge in [0.15, 0.2) is 5.78 Å². The van der Waals surface area contributed by atoms with E-state index in [1.807, 2.05) is 6.07 Å². The Labute approximate surface area is 160 Å². The Hall–Kier alpha value is -3.94. The van der Waals surface area contributed by atoms with E-state index in [4.69, 9.17) is 4.74 Å². The molecule has 0 spiro atoms. The molecule has 0 aliphatic rings. The minimum absolute atomic E-state index is 0.0271. The minimum Gasteiger partial charge on any atom is -0.508 e. The fourth-order valence-corrected chi connectivity index (χ4v) is 2.66. The molecule has 0 saturated carbocycles. The lowest BCUT2D eigenvalue weighted by Crippen LogP contribution is -2.02. The minimum atomic E-state index is -0.507. The van der Waals surface area contributed by atoms with Crippen LogP contribution in [0.25, 0.3) is 6.08 Å². The van der Waals surface area contributed by atoms with E-state index in [9.17, 15) is 20.0 Å². The number of nitrogens with zero attached hydrogens (tertiary/aromatic N) is 3. The number of ketones is 1. The number of benzene rings is 2. The van der Waals surface area contributed by atoms with E-state index < -0.39 is 4.92 Å². The smallest absolute Gasteiger partial charge is 0.307 e. The number of carbonyl (C=O) groups is 1. The van der Waals surface area contributed by atoms with Gasteiger partial charge in [0.1, 0.15) is 23.9 Å². The lowest BCUT2D eigenvalue weighted by atomic mass is 10.1. The van der Waals surface area contributed by atoms with E-state index in [0.29, 0.717) is 11.3 Å². The van der Waals surface area contributed by atoms with Crippen LogP contribution in [0.3, 0.4) is 0 Å². The second kappa shape index (κ2) is 8.17. The average molecular weight is 379 g/mol. The molecule has 8 nitrogen and oxygen atoms in total. The third-order valence-corrected chi connectivity index (χ3v) is 4.03. The maximum atomic E-state index is 12.2. The zero-order valence-corrected chi connectivity index (χ0v) is 15.0. The largest absolute Gasteiger partial charge is 0.508 e. The van der Waals surface area contributed by atoms with E-state index in [2.05, 4.69) is 5.10 Å². The van der Waals surface area contributed by atoms with Crippen molar-refractivity contribution in [2.45, 2.75) is 6.54 Å².